The number of nitrogens with zero attached hydrogens (tertiary/aromatic N) is 3. The first kappa shape index (κ1) is 27.3. The standard InChI is InChI=1S/C27H32ClFN4O4S2/c1-14-22-10-19(32-39(36,37)24-16-3-4-17(24)12-27(35,11-16)15(2)34)13-33(22)25(26-30-7-8-38-26)31-23(14)20-6-5-18(29)9-21(20)28/h5-9,15-17,19,23-24,32,34-35H,3-4,10-13H2,1-2H3/t15?,16?,17?,19?,23-,24?,27?/m1/s1. The molecule has 2 aliphatic carbocycles. The molecule has 1 aromatic carbocycles. The quantitative estimate of drug-likeness (QED) is 0.466. The van der Waals surface area contributed by atoms with Gasteiger partial charge in [0.2, 0.25) is 10.0 Å². The molecule has 4 unspecified atom stereocenters. The number of hydrogen-bond donors (Lipinski definition) is 3. The summed E-state index contributed by atoms with van der Waals surface area (Å²) >= 11 is 7.88. The lowest BCUT2D eigenvalue weighted by molar-refractivity contribution is -0.103. The minimum atomic E-state index is -3.70. The molecule has 2 bridgehead atoms. The molecule has 3 N–H and O–H groups in total. The molecule has 4 aliphatic rings. The number of aliphatic imine (C=N–C) groups is 1. The minimum absolute atomic E-state index is 0.191. The molecule has 3 fully saturated rings. The van der Waals surface area contributed by atoms with Crippen LogP contribution in [0.25, 0.3) is 0 Å². The largest absolute Gasteiger partial charge is 0.390 e. The van der Waals surface area contributed by atoms with E-state index in [1.165, 1.54) is 23.5 Å². The van der Waals surface area contributed by atoms with E-state index in [1.807, 2.05) is 17.2 Å². The lowest BCUT2D eigenvalue weighted by Gasteiger charge is -2.42. The van der Waals surface area contributed by atoms with E-state index in [4.69, 9.17) is 16.6 Å². The average molecular weight is 595 g/mol. The fraction of sp³-hybridized carbons (Fsp3) is 0.556. The van der Waals surface area contributed by atoms with Crippen LogP contribution in [0.1, 0.15) is 62.6 Å². The smallest absolute Gasteiger partial charge is 0.215 e. The number of benzene rings is 1. The number of amidine groups is 1. The zero-order valence-electron chi connectivity index (χ0n) is 21.7. The van der Waals surface area contributed by atoms with Crippen LogP contribution in [0, 0.1) is 17.7 Å². The molecule has 6 rings (SSSR count). The molecule has 0 radical (unpaired) electrons. The van der Waals surface area contributed by atoms with Gasteiger partial charge in [-0.05, 0) is 74.6 Å². The normalized spacial score (nSPS) is 33.3. The minimum Gasteiger partial charge on any atom is -0.390 e. The lowest BCUT2D eigenvalue weighted by atomic mass is 9.74. The van der Waals surface area contributed by atoms with Crippen LogP contribution in [0.5, 0.6) is 0 Å². The highest BCUT2D eigenvalue weighted by Crippen LogP contribution is 2.51. The Morgan fingerprint density at radius 1 is 1.28 bits per heavy atom. The molecular formula is C27H32ClFN4O4S2. The summed E-state index contributed by atoms with van der Waals surface area (Å²) in [5.74, 6) is -0.154. The Labute approximate surface area is 236 Å². The Hall–Kier alpha value is -1.89. The van der Waals surface area contributed by atoms with Gasteiger partial charge in [-0.3, -0.25) is 4.99 Å². The van der Waals surface area contributed by atoms with Gasteiger partial charge >= 0.3 is 0 Å². The summed E-state index contributed by atoms with van der Waals surface area (Å²) in [6.45, 7) is 3.95. The summed E-state index contributed by atoms with van der Waals surface area (Å²) in [7, 11) is -3.70. The Morgan fingerprint density at radius 2 is 2.00 bits per heavy atom. The van der Waals surface area contributed by atoms with E-state index in [2.05, 4.69) is 9.71 Å². The van der Waals surface area contributed by atoms with Gasteiger partial charge in [0.1, 0.15) is 11.9 Å². The predicted molar refractivity (Wildman–Crippen MR) is 149 cm³/mol. The van der Waals surface area contributed by atoms with Gasteiger partial charge in [0.05, 0.1) is 17.0 Å². The highest BCUT2D eigenvalue weighted by molar-refractivity contribution is 7.90. The Balaban J connectivity index is 1.29. The number of aromatic nitrogens is 1. The molecule has 2 aromatic rings. The van der Waals surface area contributed by atoms with Gasteiger partial charge < -0.3 is 15.1 Å². The maximum atomic E-state index is 13.8. The van der Waals surface area contributed by atoms with E-state index >= 15 is 0 Å². The van der Waals surface area contributed by atoms with Crippen molar-refractivity contribution in [1.82, 2.24) is 14.6 Å². The molecule has 1 aromatic heterocycles. The summed E-state index contributed by atoms with van der Waals surface area (Å²) in [6.07, 6.45) is 3.31. The van der Waals surface area contributed by atoms with Crippen molar-refractivity contribution >= 4 is 38.8 Å². The van der Waals surface area contributed by atoms with Gasteiger partial charge in [-0.2, -0.15) is 0 Å². The SMILES string of the molecule is CC1=C2CC(NS(=O)(=O)C3C4CCC3CC(O)(C(C)O)C4)CN2C(c2nccs2)=N[C@H]1c1ccc(F)cc1Cl. The fourth-order valence-corrected chi connectivity index (χ4v) is 10.3. The van der Waals surface area contributed by atoms with E-state index in [0.29, 0.717) is 24.4 Å². The molecule has 8 nitrogen and oxygen atoms in total. The predicted octanol–water partition coefficient (Wildman–Crippen LogP) is 4.01. The maximum absolute atomic E-state index is 13.8. The fourth-order valence-electron chi connectivity index (χ4n) is 7.11. The van der Waals surface area contributed by atoms with Crippen LogP contribution in [0.15, 0.2) is 46.0 Å². The number of sulfonamides is 1. The summed E-state index contributed by atoms with van der Waals surface area (Å²) < 4.78 is 44.3. The molecule has 39 heavy (non-hydrogen) atoms. The van der Waals surface area contributed by atoms with Crippen molar-refractivity contribution < 1.29 is 23.0 Å². The first-order chi connectivity index (χ1) is 18.5. The second-order valence-electron chi connectivity index (χ2n) is 11.4. The third-order valence-corrected chi connectivity index (χ3v) is 12.2. The highest BCUT2D eigenvalue weighted by Gasteiger charge is 2.55. The molecule has 210 valence electrons. The van der Waals surface area contributed by atoms with E-state index in [0.717, 1.165) is 29.1 Å². The first-order valence-corrected chi connectivity index (χ1v) is 16.1. The monoisotopic (exact) mass is 594 g/mol. The summed E-state index contributed by atoms with van der Waals surface area (Å²) in [5.41, 5.74) is 1.35. The van der Waals surface area contributed by atoms with Crippen molar-refractivity contribution in [2.45, 2.75) is 75.0 Å². The Bertz CT molecular complexity index is 1430. The number of halogens is 2. The summed E-state index contributed by atoms with van der Waals surface area (Å²) in [4.78, 5) is 11.5. The molecule has 0 spiro atoms. The number of aliphatic hydroxyl groups excluding tert-OH is 1. The number of aliphatic hydroxyl groups is 2. The molecular weight excluding hydrogens is 563 g/mol. The van der Waals surface area contributed by atoms with Crippen molar-refractivity contribution in [2.75, 3.05) is 6.54 Å². The number of hydrogen-bond acceptors (Lipinski definition) is 8. The van der Waals surface area contributed by atoms with Crippen LogP contribution in [-0.4, -0.2) is 63.9 Å². The van der Waals surface area contributed by atoms with Crippen LogP contribution < -0.4 is 4.72 Å². The van der Waals surface area contributed by atoms with Crippen LogP contribution >= 0.6 is 22.9 Å². The number of nitrogens with one attached hydrogen (secondary N) is 1. The van der Waals surface area contributed by atoms with Crippen LogP contribution in [-0.2, 0) is 10.0 Å². The van der Waals surface area contributed by atoms with Crippen molar-refractivity contribution in [1.29, 1.82) is 0 Å². The zero-order valence-corrected chi connectivity index (χ0v) is 24.1. The van der Waals surface area contributed by atoms with E-state index in [1.54, 1.807) is 19.2 Å². The number of rotatable bonds is 6. The van der Waals surface area contributed by atoms with Gasteiger partial charge in [-0.15, -0.1) is 11.3 Å². The van der Waals surface area contributed by atoms with Gasteiger partial charge in [0.15, 0.2) is 10.8 Å². The molecule has 2 aliphatic heterocycles. The van der Waals surface area contributed by atoms with Gasteiger partial charge in [0.25, 0.3) is 0 Å². The molecule has 5 atom stereocenters. The third-order valence-electron chi connectivity index (χ3n) is 8.96. The summed E-state index contributed by atoms with van der Waals surface area (Å²) in [6, 6.07) is 3.48. The zero-order chi connectivity index (χ0) is 27.7. The molecule has 2 saturated carbocycles. The lowest BCUT2D eigenvalue weighted by Crippen LogP contribution is -2.54. The van der Waals surface area contributed by atoms with Crippen molar-refractivity contribution in [3.63, 3.8) is 0 Å². The van der Waals surface area contributed by atoms with E-state index in [9.17, 15) is 23.0 Å². The molecule has 12 heteroatoms. The van der Waals surface area contributed by atoms with Crippen LogP contribution in [0.2, 0.25) is 5.02 Å². The molecule has 3 heterocycles. The van der Waals surface area contributed by atoms with Gasteiger partial charge in [-0.1, -0.05) is 17.7 Å². The second-order valence-corrected chi connectivity index (χ2v) is 14.6. The van der Waals surface area contributed by atoms with E-state index in [-0.39, 0.29) is 35.7 Å². The van der Waals surface area contributed by atoms with Crippen LogP contribution in [0.4, 0.5) is 4.39 Å². The van der Waals surface area contributed by atoms with Crippen LogP contribution in [0.3, 0.4) is 0 Å². The highest BCUT2D eigenvalue weighted by atomic mass is 35.5. The topological polar surface area (TPSA) is 115 Å². The van der Waals surface area contributed by atoms with Gasteiger partial charge in [-0.25, -0.2) is 22.5 Å². The first-order valence-electron chi connectivity index (χ1n) is 13.3. The Kier molecular flexibility index (Phi) is 6.92. The maximum Gasteiger partial charge on any atom is 0.215 e. The third kappa shape index (κ3) is 4.74. The van der Waals surface area contributed by atoms with Gasteiger partial charge in [0, 0.05) is 41.3 Å². The summed E-state index contributed by atoms with van der Waals surface area (Å²) in [5, 5.41) is 23.3. The molecule has 1 saturated heterocycles. The number of thiazole rings is 1. The molecule has 0 amide bonds. The van der Waals surface area contributed by atoms with Crippen molar-refractivity contribution in [3.8, 4) is 0 Å². The van der Waals surface area contributed by atoms with E-state index < -0.39 is 38.8 Å². The average Bonchev–Trinajstić information content (AvgIpc) is 3.59. The number of fused-ring (bicyclic) bond motifs is 3. The Morgan fingerprint density at radius 3 is 2.62 bits per heavy atom. The van der Waals surface area contributed by atoms with Crippen molar-refractivity contribution in [2.24, 2.45) is 16.8 Å². The second kappa shape index (κ2) is 9.88. The van der Waals surface area contributed by atoms with Crippen molar-refractivity contribution in [3.05, 3.63) is 62.5 Å².